The average Bonchev–Trinajstić information content (AvgIpc) is 3.39. The zero-order chi connectivity index (χ0) is 53.3. The van der Waals surface area contributed by atoms with E-state index in [0.717, 1.165) is 31.2 Å². The van der Waals surface area contributed by atoms with Crippen molar-refractivity contribution in [1.29, 1.82) is 0 Å². The van der Waals surface area contributed by atoms with Gasteiger partial charge in [0.1, 0.15) is 5.75 Å². The normalized spacial score (nSPS) is 25.2. The van der Waals surface area contributed by atoms with E-state index in [1.807, 2.05) is 0 Å². The predicted molar refractivity (Wildman–Crippen MR) is 317 cm³/mol. The van der Waals surface area contributed by atoms with Crippen LogP contribution in [0.3, 0.4) is 0 Å². The van der Waals surface area contributed by atoms with Gasteiger partial charge in [-0.1, -0.05) is 222 Å². The first-order chi connectivity index (χ1) is 35.3. The first-order valence-electron chi connectivity index (χ1n) is 33.1. The van der Waals surface area contributed by atoms with Gasteiger partial charge in [-0.25, -0.2) is 0 Å². The Morgan fingerprint density at radius 1 is 0.356 bits per heavy atom. The van der Waals surface area contributed by atoms with Crippen LogP contribution >= 0.6 is 0 Å². The minimum absolute atomic E-state index is 0.00957. The molecule has 3 saturated carbocycles. The third kappa shape index (κ3) is 16.7. The SMILES string of the molecule is CCCCC1(CCCC)CCCCC1(CCCC)OC(C)Cc1ccc(O)c(CC(C)OC2(CCCC)CCCCC2(CCCC)CCCC)c1CC(C)OC1(CCCC)CCCCC1(CCCC)CCCC. The van der Waals surface area contributed by atoms with Crippen LogP contribution in [0.25, 0.3) is 0 Å². The van der Waals surface area contributed by atoms with Gasteiger partial charge >= 0.3 is 0 Å². The summed E-state index contributed by atoms with van der Waals surface area (Å²) in [5.41, 5.74) is 4.24. The molecule has 0 heterocycles. The molecule has 0 aliphatic heterocycles. The van der Waals surface area contributed by atoms with Crippen molar-refractivity contribution in [2.75, 3.05) is 0 Å². The van der Waals surface area contributed by atoms with E-state index in [9.17, 15) is 5.11 Å². The summed E-state index contributed by atoms with van der Waals surface area (Å²) >= 11 is 0. The molecule has 0 amide bonds. The van der Waals surface area contributed by atoms with Crippen molar-refractivity contribution in [3.8, 4) is 5.75 Å². The molecule has 426 valence electrons. The lowest BCUT2D eigenvalue weighted by Crippen LogP contribution is -2.54. The van der Waals surface area contributed by atoms with Gasteiger partial charge in [-0.3, -0.25) is 0 Å². The Kier molecular flexibility index (Phi) is 28.9. The molecule has 0 spiro atoms. The van der Waals surface area contributed by atoms with Gasteiger partial charge in [0.15, 0.2) is 0 Å². The number of aromatic hydroxyl groups is 1. The van der Waals surface area contributed by atoms with Crippen LogP contribution in [-0.2, 0) is 33.5 Å². The van der Waals surface area contributed by atoms with Gasteiger partial charge < -0.3 is 19.3 Å². The van der Waals surface area contributed by atoms with Crippen molar-refractivity contribution >= 4 is 0 Å². The van der Waals surface area contributed by atoms with Crippen molar-refractivity contribution < 1.29 is 19.3 Å². The summed E-state index contributed by atoms with van der Waals surface area (Å²) in [6.07, 6.45) is 51.7. The summed E-state index contributed by atoms with van der Waals surface area (Å²) in [6, 6.07) is 4.36. The highest BCUT2D eigenvalue weighted by molar-refractivity contribution is 5.46. The molecule has 3 aliphatic rings. The first-order valence-corrected chi connectivity index (χ1v) is 33.1. The van der Waals surface area contributed by atoms with E-state index >= 15 is 0 Å². The van der Waals surface area contributed by atoms with E-state index in [0.29, 0.717) is 5.75 Å². The maximum atomic E-state index is 12.4. The first kappa shape index (κ1) is 64.4. The number of unbranched alkanes of at least 4 members (excludes halogenated alkanes) is 9. The van der Waals surface area contributed by atoms with Gasteiger partial charge in [0.25, 0.3) is 0 Å². The number of rotatable bonds is 39. The molecule has 3 fully saturated rings. The summed E-state index contributed by atoms with van der Waals surface area (Å²) < 4.78 is 23.8. The number of hydrogen-bond donors (Lipinski definition) is 1. The van der Waals surface area contributed by atoms with Gasteiger partial charge in [0.2, 0.25) is 0 Å². The molecule has 1 aromatic rings. The van der Waals surface area contributed by atoms with E-state index in [2.05, 4.69) is 95.2 Å². The van der Waals surface area contributed by atoms with E-state index in [1.54, 1.807) is 0 Å². The van der Waals surface area contributed by atoms with Crippen molar-refractivity contribution in [2.24, 2.45) is 16.2 Å². The number of benzene rings is 1. The molecular formula is C69H126O4. The molecule has 73 heavy (non-hydrogen) atoms. The molecule has 1 aromatic carbocycles. The maximum absolute atomic E-state index is 12.4. The van der Waals surface area contributed by atoms with Gasteiger partial charge in [0.05, 0.1) is 35.1 Å². The molecule has 1 N–H and O–H groups in total. The molecule has 4 heteroatoms. The highest BCUT2D eigenvalue weighted by atomic mass is 16.5. The largest absolute Gasteiger partial charge is 0.508 e. The fourth-order valence-corrected chi connectivity index (χ4v) is 16.5. The summed E-state index contributed by atoms with van der Waals surface area (Å²) in [5.74, 6) is 0.452. The van der Waals surface area contributed by atoms with E-state index < -0.39 is 0 Å². The Morgan fingerprint density at radius 2 is 0.616 bits per heavy atom. The molecule has 6 unspecified atom stereocenters. The number of hydrogen-bond acceptors (Lipinski definition) is 4. The minimum Gasteiger partial charge on any atom is -0.508 e. The van der Waals surface area contributed by atoms with Crippen LogP contribution in [0.15, 0.2) is 12.1 Å². The van der Waals surface area contributed by atoms with Crippen molar-refractivity contribution in [2.45, 2.75) is 388 Å². The lowest BCUT2D eigenvalue weighted by molar-refractivity contribution is -0.197. The fraction of sp³-hybridized carbons (Fsp3) is 0.913. The van der Waals surface area contributed by atoms with Crippen molar-refractivity contribution in [1.82, 2.24) is 0 Å². The van der Waals surface area contributed by atoms with Gasteiger partial charge in [-0.15, -0.1) is 0 Å². The molecular weight excluding hydrogens is 893 g/mol. The second kappa shape index (κ2) is 32.7. The van der Waals surface area contributed by atoms with Crippen LogP contribution in [0.2, 0.25) is 0 Å². The molecule has 0 saturated heterocycles. The van der Waals surface area contributed by atoms with E-state index in [-0.39, 0.29) is 51.4 Å². The third-order valence-electron chi connectivity index (χ3n) is 20.5. The number of ether oxygens (including phenoxy) is 3. The lowest BCUT2D eigenvalue weighted by Gasteiger charge is -2.56. The monoisotopic (exact) mass is 1020 g/mol. The number of phenolic OH excluding ortho intramolecular Hbond substituents is 1. The third-order valence-corrected chi connectivity index (χ3v) is 20.5. The Labute approximate surface area is 456 Å². The van der Waals surface area contributed by atoms with E-state index in [1.165, 1.54) is 255 Å². The number of phenols is 1. The molecule has 4 rings (SSSR count). The Bertz CT molecular complexity index is 1590. The summed E-state index contributed by atoms with van der Waals surface area (Å²) in [5, 5.41) is 12.4. The van der Waals surface area contributed by atoms with E-state index in [4.69, 9.17) is 14.2 Å². The van der Waals surface area contributed by atoms with Gasteiger partial charge in [-0.05, 0) is 169 Å². The van der Waals surface area contributed by atoms with Crippen LogP contribution in [-0.4, -0.2) is 40.2 Å². The summed E-state index contributed by atoms with van der Waals surface area (Å²) in [4.78, 5) is 0. The van der Waals surface area contributed by atoms with Crippen LogP contribution in [0.4, 0.5) is 0 Å². The molecule has 0 radical (unpaired) electrons. The van der Waals surface area contributed by atoms with Crippen LogP contribution in [0, 0.1) is 16.2 Å². The van der Waals surface area contributed by atoms with Gasteiger partial charge in [0, 0.05) is 6.42 Å². The topological polar surface area (TPSA) is 47.9 Å². The van der Waals surface area contributed by atoms with Crippen molar-refractivity contribution in [3.05, 3.63) is 28.8 Å². The molecule has 0 bridgehead atoms. The van der Waals surface area contributed by atoms with Gasteiger partial charge in [-0.2, -0.15) is 0 Å². The highest BCUT2D eigenvalue weighted by Crippen LogP contribution is 2.59. The molecule has 6 atom stereocenters. The Morgan fingerprint density at radius 3 is 0.918 bits per heavy atom. The quantitative estimate of drug-likeness (QED) is 0.0714. The molecule has 0 aromatic heterocycles. The molecule has 3 aliphatic carbocycles. The summed E-state index contributed by atoms with van der Waals surface area (Å²) in [7, 11) is 0. The van der Waals surface area contributed by atoms with Crippen LogP contribution in [0.5, 0.6) is 5.75 Å². The zero-order valence-corrected chi connectivity index (χ0v) is 51.3. The predicted octanol–water partition coefficient (Wildman–Crippen LogP) is 21.8. The molecule has 4 nitrogen and oxygen atoms in total. The van der Waals surface area contributed by atoms with Crippen LogP contribution in [0.1, 0.15) is 350 Å². The average molecular weight is 1020 g/mol. The maximum Gasteiger partial charge on any atom is 0.119 e. The Balaban J connectivity index is 1.87. The summed E-state index contributed by atoms with van der Waals surface area (Å²) in [6.45, 7) is 28.7. The fourth-order valence-electron chi connectivity index (χ4n) is 16.5. The van der Waals surface area contributed by atoms with Crippen molar-refractivity contribution in [3.63, 3.8) is 0 Å². The second-order valence-corrected chi connectivity index (χ2v) is 26.0. The lowest BCUT2D eigenvalue weighted by atomic mass is 9.57. The van der Waals surface area contributed by atoms with Crippen LogP contribution < -0.4 is 0 Å². The minimum atomic E-state index is -0.112. The standard InChI is InChI=1S/C69H126O4/c1-13-22-39-64(40-23-14-2)45-31-34-51-67(64,48-28-19-7)71-57(10)54-60-37-38-63(70)62(56-59(12)73-69(50-30-21-9)53-36-33-47-66(69,43-26-17-5)44-27-18-6)61(60)55-58(11)72-68(49-29-20-8)52-35-32-46-65(68,41-24-15-3)42-25-16-4/h37-38,57-59,70H,13-36,39-56H2,1-12H3. The smallest absolute Gasteiger partial charge is 0.119 e. The zero-order valence-electron chi connectivity index (χ0n) is 51.3. The highest BCUT2D eigenvalue weighted by Gasteiger charge is 2.55. The second-order valence-electron chi connectivity index (χ2n) is 26.0. The Hall–Kier alpha value is -1.10.